The van der Waals surface area contributed by atoms with E-state index in [0.717, 1.165) is 0 Å². The van der Waals surface area contributed by atoms with Crippen molar-refractivity contribution in [1.29, 1.82) is 0 Å². The van der Waals surface area contributed by atoms with Crippen LogP contribution in [0.15, 0.2) is 0 Å². The second-order valence-corrected chi connectivity index (χ2v) is 6.55. The maximum Gasteiger partial charge on any atom is 0.281 e. The summed E-state index contributed by atoms with van der Waals surface area (Å²) in [6.45, 7) is 2.57. The molecule has 0 saturated carbocycles. The lowest BCUT2D eigenvalue weighted by Gasteiger charge is -2.39. The van der Waals surface area contributed by atoms with E-state index in [-0.39, 0.29) is 13.0 Å². The van der Waals surface area contributed by atoms with E-state index in [1.807, 2.05) is 6.92 Å². The van der Waals surface area contributed by atoms with Crippen LogP contribution < -0.4 is 0 Å². The summed E-state index contributed by atoms with van der Waals surface area (Å²) in [5.74, 6) is -4.11. The topological polar surface area (TPSA) is 151 Å². The average molecular weight is 368 g/mol. The summed E-state index contributed by atoms with van der Waals surface area (Å²) in [5, 5.41) is 68.2. The van der Waals surface area contributed by atoms with Gasteiger partial charge in [-0.2, -0.15) is 0 Å². The zero-order valence-electron chi connectivity index (χ0n) is 15.3. The minimum Gasteiger partial charge on any atom is -0.396 e. The number of rotatable bonds is 15. The molecular formula is C17H36O8. The minimum atomic E-state index is -2.60. The Hall–Kier alpha value is -0.320. The summed E-state index contributed by atoms with van der Waals surface area (Å²) in [6.07, 6.45) is -0.708. The van der Waals surface area contributed by atoms with E-state index >= 15 is 0 Å². The minimum absolute atomic E-state index is 0.0101. The highest BCUT2D eigenvalue weighted by Crippen LogP contribution is 2.35. The lowest BCUT2D eigenvalue weighted by Crippen LogP contribution is -2.50. The third kappa shape index (κ3) is 8.74. The van der Waals surface area contributed by atoms with Gasteiger partial charge in [-0.1, -0.05) is 20.3 Å². The molecule has 0 aromatic heterocycles. The molecule has 0 aromatic carbocycles. The maximum absolute atomic E-state index is 10.5. The van der Waals surface area contributed by atoms with Gasteiger partial charge in [0.2, 0.25) is 0 Å². The van der Waals surface area contributed by atoms with Gasteiger partial charge in [-0.05, 0) is 38.0 Å². The molecule has 0 bridgehead atoms. The highest BCUT2D eigenvalue weighted by Gasteiger charge is 2.44. The maximum atomic E-state index is 10.5. The molecule has 0 rings (SSSR count). The molecule has 7 N–H and O–H groups in total. The van der Waals surface area contributed by atoms with Crippen LogP contribution in [0.4, 0.5) is 0 Å². The predicted octanol–water partition coefficient (Wildman–Crippen LogP) is -0.678. The molecule has 8 nitrogen and oxygen atoms in total. The van der Waals surface area contributed by atoms with Crippen LogP contribution >= 0.6 is 0 Å². The number of aliphatic hydroxyl groups is 7. The van der Waals surface area contributed by atoms with Crippen LogP contribution in [0.1, 0.15) is 52.4 Å². The largest absolute Gasteiger partial charge is 0.396 e. The van der Waals surface area contributed by atoms with Crippen molar-refractivity contribution in [3.63, 3.8) is 0 Å². The molecule has 0 radical (unpaired) electrons. The molecule has 0 heterocycles. The standard InChI is InChI=1S/C17H36O8/c1-3-7-13(16(22)15(21)8-5-6-9-18)14(4-2)17(23,24)25-11-12(20)10-19/h12-16,18-24H,3-11H2,1-2H3. The average Bonchev–Trinajstić information content (AvgIpc) is 2.58. The molecule has 0 aliphatic carbocycles. The van der Waals surface area contributed by atoms with Crippen molar-refractivity contribution in [2.24, 2.45) is 11.8 Å². The lowest BCUT2D eigenvalue weighted by atomic mass is 9.78. The number of unbranched alkanes of at least 4 members (excludes halogenated alkanes) is 1. The van der Waals surface area contributed by atoms with Crippen LogP contribution in [0, 0.1) is 11.8 Å². The van der Waals surface area contributed by atoms with Crippen LogP contribution in [-0.4, -0.2) is 79.9 Å². The van der Waals surface area contributed by atoms with Gasteiger partial charge >= 0.3 is 0 Å². The monoisotopic (exact) mass is 368 g/mol. The summed E-state index contributed by atoms with van der Waals surface area (Å²) >= 11 is 0. The summed E-state index contributed by atoms with van der Waals surface area (Å²) in [4.78, 5) is 0. The van der Waals surface area contributed by atoms with Gasteiger partial charge in [0.15, 0.2) is 0 Å². The Balaban J connectivity index is 5.07. The van der Waals surface area contributed by atoms with Crippen molar-refractivity contribution in [2.45, 2.75) is 76.7 Å². The van der Waals surface area contributed by atoms with Crippen molar-refractivity contribution < 1.29 is 40.5 Å². The molecule has 0 amide bonds. The first-order valence-electron chi connectivity index (χ1n) is 9.09. The predicted molar refractivity (Wildman–Crippen MR) is 91.3 cm³/mol. The molecule has 0 aromatic rings. The van der Waals surface area contributed by atoms with Crippen LogP contribution in [0.25, 0.3) is 0 Å². The van der Waals surface area contributed by atoms with E-state index < -0.39 is 49.3 Å². The molecule has 25 heavy (non-hydrogen) atoms. The summed E-state index contributed by atoms with van der Waals surface area (Å²) in [5.41, 5.74) is 0. The fourth-order valence-electron chi connectivity index (χ4n) is 3.09. The second-order valence-electron chi connectivity index (χ2n) is 6.55. The van der Waals surface area contributed by atoms with Gasteiger partial charge in [-0.3, -0.25) is 0 Å². The third-order valence-electron chi connectivity index (χ3n) is 4.50. The Morgan fingerprint density at radius 3 is 2.08 bits per heavy atom. The van der Waals surface area contributed by atoms with E-state index in [9.17, 15) is 25.5 Å². The Morgan fingerprint density at radius 2 is 1.60 bits per heavy atom. The van der Waals surface area contributed by atoms with Crippen LogP contribution in [0.2, 0.25) is 0 Å². The molecule has 0 spiro atoms. The van der Waals surface area contributed by atoms with Gasteiger partial charge in [0.05, 0.1) is 25.4 Å². The van der Waals surface area contributed by atoms with Crippen molar-refractivity contribution in [3.8, 4) is 0 Å². The van der Waals surface area contributed by atoms with Crippen molar-refractivity contribution in [1.82, 2.24) is 0 Å². The van der Waals surface area contributed by atoms with Gasteiger partial charge in [0, 0.05) is 12.5 Å². The van der Waals surface area contributed by atoms with E-state index in [0.29, 0.717) is 32.1 Å². The number of ether oxygens (including phenoxy) is 1. The highest BCUT2D eigenvalue weighted by atomic mass is 16.8. The molecule has 0 fully saturated rings. The van der Waals surface area contributed by atoms with Gasteiger partial charge in [-0.15, -0.1) is 0 Å². The Kier molecular flexibility index (Phi) is 12.8. The smallest absolute Gasteiger partial charge is 0.281 e. The first kappa shape index (κ1) is 24.7. The van der Waals surface area contributed by atoms with Gasteiger partial charge < -0.3 is 40.5 Å². The van der Waals surface area contributed by atoms with Gasteiger partial charge in [-0.25, -0.2) is 0 Å². The first-order chi connectivity index (χ1) is 11.7. The molecule has 5 atom stereocenters. The fraction of sp³-hybridized carbons (Fsp3) is 1.00. The van der Waals surface area contributed by atoms with E-state index in [4.69, 9.17) is 14.9 Å². The van der Waals surface area contributed by atoms with Crippen LogP contribution in [0.5, 0.6) is 0 Å². The van der Waals surface area contributed by atoms with Crippen molar-refractivity contribution in [2.75, 3.05) is 19.8 Å². The number of hydrogen-bond donors (Lipinski definition) is 7. The Bertz CT molecular complexity index is 326. The molecule has 0 aliphatic heterocycles. The second kappa shape index (κ2) is 12.9. The van der Waals surface area contributed by atoms with E-state index in [2.05, 4.69) is 0 Å². The van der Waals surface area contributed by atoms with Gasteiger partial charge in [0.25, 0.3) is 5.97 Å². The van der Waals surface area contributed by atoms with Crippen LogP contribution in [0.3, 0.4) is 0 Å². The van der Waals surface area contributed by atoms with Gasteiger partial charge in [0.1, 0.15) is 6.10 Å². The molecule has 5 unspecified atom stereocenters. The SMILES string of the molecule is CCCC(C(O)C(O)CCCCO)C(CC)C(O)(O)OCC(O)CO. The Morgan fingerprint density at radius 1 is 0.960 bits per heavy atom. The molecule has 8 heteroatoms. The van der Waals surface area contributed by atoms with E-state index in [1.54, 1.807) is 6.92 Å². The fourth-order valence-corrected chi connectivity index (χ4v) is 3.09. The summed E-state index contributed by atoms with van der Waals surface area (Å²) in [6, 6.07) is 0. The zero-order valence-corrected chi connectivity index (χ0v) is 15.3. The Labute approximate surface area is 149 Å². The van der Waals surface area contributed by atoms with Crippen molar-refractivity contribution in [3.05, 3.63) is 0 Å². The molecule has 0 aliphatic rings. The molecule has 152 valence electrons. The molecule has 0 saturated heterocycles. The first-order valence-corrected chi connectivity index (χ1v) is 9.09. The molecular weight excluding hydrogens is 332 g/mol. The van der Waals surface area contributed by atoms with E-state index in [1.165, 1.54) is 0 Å². The normalized spacial score (nSPS) is 18.6. The zero-order chi connectivity index (χ0) is 19.5. The van der Waals surface area contributed by atoms with Crippen LogP contribution in [-0.2, 0) is 4.74 Å². The lowest BCUT2D eigenvalue weighted by molar-refractivity contribution is -0.381. The van der Waals surface area contributed by atoms with Crippen molar-refractivity contribution >= 4 is 0 Å². The highest BCUT2D eigenvalue weighted by molar-refractivity contribution is 4.84. The number of hydrogen-bond acceptors (Lipinski definition) is 8. The summed E-state index contributed by atoms with van der Waals surface area (Å²) in [7, 11) is 0. The number of aliphatic hydroxyl groups excluding tert-OH is 5. The third-order valence-corrected chi connectivity index (χ3v) is 4.50. The summed E-state index contributed by atoms with van der Waals surface area (Å²) < 4.78 is 4.97. The quantitative estimate of drug-likeness (QED) is 0.148.